The molecule has 5 rings (SSSR count). The molecule has 0 aliphatic heterocycles. The van der Waals surface area contributed by atoms with Crippen LogP contribution in [0.25, 0.3) is 16.9 Å². The summed E-state index contributed by atoms with van der Waals surface area (Å²) in [5.41, 5.74) is 3.70. The first-order chi connectivity index (χ1) is 15.9. The number of H-pyrrole nitrogens is 1. The minimum absolute atomic E-state index is 0.0338. The molecule has 0 radical (unpaired) electrons. The molecule has 4 heterocycles. The maximum absolute atomic E-state index is 12.4. The van der Waals surface area contributed by atoms with Crippen LogP contribution in [0.5, 0.6) is 0 Å². The zero-order valence-electron chi connectivity index (χ0n) is 18.1. The van der Waals surface area contributed by atoms with Gasteiger partial charge in [-0.15, -0.1) is 0 Å². The van der Waals surface area contributed by atoms with Crippen LogP contribution in [0.15, 0.2) is 66.2 Å². The predicted octanol–water partition coefficient (Wildman–Crippen LogP) is 3.21. The Morgan fingerprint density at radius 1 is 1.15 bits per heavy atom. The van der Waals surface area contributed by atoms with E-state index in [1.165, 1.54) is 0 Å². The van der Waals surface area contributed by atoms with Crippen molar-refractivity contribution in [1.29, 1.82) is 0 Å². The normalized spacial score (nSPS) is 11.8. The second kappa shape index (κ2) is 8.17. The van der Waals surface area contributed by atoms with Gasteiger partial charge in [-0.25, -0.2) is 23.4 Å². The molecule has 1 aromatic carbocycles. The van der Waals surface area contributed by atoms with Gasteiger partial charge in [0, 0.05) is 42.0 Å². The van der Waals surface area contributed by atoms with Crippen LogP contribution < -0.4 is 5.32 Å². The molecule has 0 aliphatic rings. The molecule has 0 atom stereocenters. The first-order valence-corrected chi connectivity index (χ1v) is 12.0. The lowest BCUT2D eigenvalue weighted by Gasteiger charge is -2.10. The molecule has 168 valence electrons. The summed E-state index contributed by atoms with van der Waals surface area (Å²) in [7, 11) is -3.34. The molecule has 4 aromatic heterocycles. The quantitative estimate of drug-likeness (QED) is 0.381. The van der Waals surface area contributed by atoms with E-state index in [0.717, 1.165) is 11.4 Å². The fourth-order valence-corrected chi connectivity index (χ4v) is 4.46. The summed E-state index contributed by atoms with van der Waals surface area (Å²) in [5, 5.41) is 10.4. The molecule has 2 N–H and O–H groups in total. The van der Waals surface area contributed by atoms with Crippen LogP contribution in [0.2, 0.25) is 0 Å². The number of fused-ring (bicyclic) bond motifs is 1. The van der Waals surface area contributed by atoms with Crippen molar-refractivity contribution in [2.45, 2.75) is 25.3 Å². The number of aromatic nitrogens is 7. The fraction of sp³-hybridized carbons (Fsp3) is 0.182. The Kier molecular flexibility index (Phi) is 5.17. The highest BCUT2D eigenvalue weighted by Gasteiger charge is 2.16. The molecule has 0 saturated heterocycles. The van der Waals surface area contributed by atoms with Gasteiger partial charge in [-0.3, -0.25) is 9.50 Å². The number of imidazole rings is 2. The summed E-state index contributed by atoms with van der Waals surface area (Å²) in [6, 6.07) is 10.5. The molecule has 0 fully saturated rings. The highest BCUT2D eigenvalue weighted by molar-refractivity contribution is 7.91. The Morgan fingerprint density at radius 2 is 2.03 bits per heavy atom. The van der Waals surface area contributed by atoms with E-state index in [4.69, 9.17) is 9.97 Å². The predicted molar refractivity (Wildman–Crippen MR) is 124 cm³/mol. The number of nitrogens with one attached hydrogen (secondary N) is 2. The number of anilines is 2. The number of benzene rings is 1. The maximum atomic E-state index is 12.4. The molecule has 0 unspecified atom stereocenters. The van der Waals surface area contributed by atoms with Crippen molar-refractivity contribution in [3.63, 3.8) is 0 Å². The standard InChI is InChI=1S/C22H22N8O2S/c1-3-33(31,32)18-6-4-5-16(10-18)19-11-21-24-17(12-29-8-7-23-14-29)13-30(21)22(25-19)26-20-9-15(2)27-28-20/h4-11,13-14H,3,12H2,1-2H3,(H2,25,26,27,28). The van der Waals surface area contributed by atoms with Crippen molar-refractivity contribution in [2.24, 2.45) is 0 Å². The Labute approximate surface area is 190 Å². The topological polar surface area (TPSA) is 123 Å². The van der Waals surface area contributed by atoms with E-state index >= 15 is 0 Å². The molecular formula is C22H22N8O2S. The second-order valence-electron chi connectivity index (χ2n) is 7.65. The minimum atomic E-state index is -3.34. The molecule has 11 heteroatoms. The largest absolute Gasteiger partial charge is 0.331 e. The van der Waals surface area contributed by atoms with E-state index in [0.29, 0.717) is 35.2 Å². The summed E-state index contributed by atoms with van der Waals surface area (Å²) in [4.78, 5) is 13.9. The van der Waals surface area contributed by atoms with Crippen molar-refractivity contribution in [1.82, 2.24) is 34.1 Å². The van der Waals surface area contributed by atoms with Gasteiger partial charge in [-0.05, 0) is 19.1 Å². The number of hydrogen-bond donors (Lipinski definition) is 2. The molecule has 0 spiro atoms. The molecule has 0 saturated carbocycles. The summed E-state index contributed by atoms with van der Waals surface area (Å²) in [5.74, 6) is 1.17. The lowest BCUT2D eigenvalue weighted by Crippen LogP contribution is -2.05. The third kappa shape index (κ3) is 4.22. The Bertz CT molecular complexity index is 1530. The van der Waals surface area contributed by atoms with Gasteiger partial charge in [0.15, 0.2) is 15.7 Å². The zero-order valence-corrected chi connectivity index (χ0v) is 18.9. The maximum Gasteiger partial charge on any atom is 0.215 e. The number of rotatable bonds is 7. The average Bonchev–Trinajstić information content (AvgIpc) is 3.55. The van der Waals surface area contributed by atoms with Crippen LogP contribution in [0, 0.1) is 6.92 Å². The Morgan fingerprint density at radius 3 is 2.76 bits per heavy atom. The lowest BCUT2D eigenvalue weighted by atomic mass is 10.1. The van der Waals surface area contributed by atoms with Gasteiger partial charge in [0.1, 0.15) is 5.65 Å². The third-order valence-electron chi connectivity index (χ3n) is 5.22. The van der Waals surface area contributed by atoms with Gasteiger partial charge < -0.3 is 9.88 Å². The van der Waals surface area contributed by atoms with Crippen molar-refractivity contribution >= 4 is 27.3 Å². The van der Waals surface area contributed by atoms with E-state index < -0.39 is 9.84 Å². The highest BCUT2D eigenvalue weighted by Crippen LogP contribution is 2.26. The van der Waals surface area contributed by atoms with E-state index in [1.807, 2.05) is 46.5 Å². The van der Waals surface area contributed by atoms with Crippen molar-refractivity contribution in [3.05, 3.63) is 72.7 Å². The van der Waals surface area contributed by atoms with Gasteiger partial charge in [0.25, 0.3) is 0 Å². The molecular weight excluding hydrogens is 440 g/mol. The molecule has 5 aromatic rings. The van der Waals surface area contributed by atoms with Crippen LogP contribution >= 0.6 is 0 Å². The van der Waals surface area contributed by atoms with Gasteiger partial charge in [0.05, 0.1) is 34.9 Å². The van der Waals surface area contributed by atoms with E-state index in [9.17, 15) is 8.42 Å². The van der Waals surface area contributed by atoms with E-state index in [-0.39, 0.29) is 10.6 Å². The summed E-state index contributed by atoms with van der Waals surface area (Å²) in [6.45, 7) is 4.10. The monoisotopic (exact) mass is 462 g/mol. The van der Waals surface area contributed by atoms with Crippen LogP contribution in [0.3, 0.4) is 0 Å². The van der Waals surface area contributed by atoms with E-state index in [1.54, 1.807) is 37.6 Å². The Balaban J connectivity index is 1.62. The van der Waals surface area contributed by atoms with E-state index in [2.05, 4.69) is 20.5 Å². The van der Waals surface area contributed by atoms with Gasteiger partial charge >= 0.3 is 0 Å². The number of aryl methyl sites for hydroxylation is 1. The first kappa shape index (κ1) is 20.9. The van der Waals surface area contributed by atoms with Crippen LogP contribution in [-0.2, 0) is 16.4 Å². The number of aromatic amines is 1. The second-order valence-corrected chi connectivity index (χ2v) is 9.93. The SMILES string of the molecule is CCS(=O)(=O)c1cccc(-c2cc3nc(Cn4ccnc4)cn3c(Nc3cc(C)[nH]n3)n2)c1. The summed E-state index contributed by atoms with van der Waals surface area (Å²) >= 11 is 0. The molecule has 0 bridgehead atoms. The molecule has 33 heavy (non-hydrogen) atoms. The van der Waals surface area contributed by atoms with Crippen molar-refractivity contribution in [3.8, 4) is 11.3 Å². The lowest BCUT2D eigenvalue weighted by molar-refractivity contribution is 0.597. The average molecular weight is 463 g/mol. The van der Waals surface area contributed by atoms with Gasteiger partial charge in [-0.2, -0.15) is 5.10 Å². The number of sulfone groups is 1. The van der Waals surface area contributed by atoms with Crippen LogP contribution in [0.1, 0.15) is 18.3 Å². The summed E-state index contributed by atoms with van der Waals surface area (Å²) < 4.78 is 28.6. The van der Waals surface area contributed by atoms with Crippen LogP contribution in [-0.4, -0.2) is 48.3 Å². The smallest absolute Gasteiger partial charge is 0.215 e. The first-order valence-electron chi connectivity index (χ1n) is 10.4. The summed E-state index contributed by atoms with van der Waals surface area (Å²) in [6.07, 6.45) is 7.24. The zero-order chi connectivity index (χ0) is 23.0. The molecule has 10 nitrogen and oxygen atoms in total. The van der Waals surface area contributed by atoms with Crippen molar-refractivity contribution in [2.75, 3.05) is 11.1 Å². The third-order valence-corrected chi connectivity index (χ3v) is 6.95. The molecule has 0 amide bonds. The van der Waals surface area contributed by atoms with Gasteiger partial charge in [-0.1, -0.05) is 19.1 Å². The molecule has 0 aliphatic carbocycles. The highest BCUT2D eigenvalue weighted by atomic mass is 32.2. The van der Waals surface area contributed by atoms with Crippen LogP contribution in [0.4, 0.5) is 11.8 Å². The Hall–Kier alpha value is -3.99. The minimum Gasteiger partial charge on any atom is -0.331 e. The fourth-order valence-electron chi connectivity index (χ4n) is 3.53. The number of nitrogens with zero attached hydrogens (tertiary/aromatic N) is 6. The van der Waals surface area contributed by atoms with Gasteiger partial charge in [0.2, 0.25) is 5.95 Å². The van der Waals surface area contributed by atoms with Crippen molar-refractivity contribution < 1.29 is 8.42 Å². The number of hydrogen-bond acceptors (Lipinski definition) is 7.